The second-order valence-corrected chi connectivity index (χ2v) is 8.70. The number of likely N-dealkylation sites (tertiary alicyclic amines) is 1. The Balaban J connectivity index is 0.00000225. The summed E-state index contributed by atoms with van der Waals surface area (Å²) in [5.74, 6) is 1.02. The standard InChI is InChI=1S/C17H24N4OS2.ClH/c1-10-12(3)24-17-15(10)16(19-9-20-17)23-8-14(22)21-6-4-5-13(7-21)11(2)18;/h9,11,13H,4-8,18H2,1-3H3;1H. The van der Waals surface area contributed by atoms with Gasteiger partial charge in [-0.25, -0.2) is 9.97 Å². The van der Waals surface area contributed by atoms with Gasteiger partial charge in [0.1, 0.15) is 16.2 Å². The van der Waals surface area contributed by atoms with Gasteiger partial charge in [-0.3, -0.25) is 4.79 Å². The van der Waals surface area contributed by atoms with E-state index in [2.05, 4.69) is 23.8 Å². The number of nitrogens with zero attached hydrogens (tertiary/aromatic N) is 3. The monoisotopic (exact) mass is 400 g/mol. The molecule has 138 valence electrons. The number of piperidine rings is 1. The van der Waals surface area contributed by atoms with Gasteiger partial charge in [-0.1, -0.05) is 11.8 Å². The first kappa shape index (κ1) is 20.4. The van der Waals surface area contributed by atoms with Gasteiger partial charge in [0.25, 0.3) is 0 Å². The highest BCUT2D eigenvalue weighted by atomic mass is 35.5. The SMILES string of the molecule is Cc1sc2ncnc(SCC(=O)N3CCCC(C(C)N)C3)c2c1C.Cl. The molecule has 25 heavy (non-hydrogen) atoms. The number of thiophene rings is 1. The number of hydrogen-bond acceptors (Lipinski definition) is 6. The summed E-state index contributed by atoms with van der Waals surface area (Å²) in [5.41, 5.74) is 7.24. The first-order valence-electron chi connectivity index (χ1n) is 8.34. The average molecular weight is 401 g/mol. The summed E-state index contributed by atoms with van der Waals surface area (Å²) in [5, 5.41) is 2.01. The van der Waals surface area contributed by atoms with E-state index in [4.69, 9.17) is 5.73 Å². The van der Waals surface area contributed by atoms with Crippen LogP contribution in [0.15, 0.2) is 11.4 Å². The molecule has 2 N–H and O–H groups in total. The number of halogens is 1. The lowest BCUT2D eigenvalue weighted by molar-refractivity contribution is -0.130. The minimum Gasteiger partial charge on any atom is -0.342 e. The highest BCUT2D eigenvalue weighted by molar-refractivity contribution is 8.00. The van der Waals surface area contributed by atoms with E-state index in [1.54, 1.807) is 17.7 Å². The largest absolute Gasteiger partial charge is 0.342 e. The van der Waals surface area contributed by atoms with Crippen molar-refractivity contribution in [2.24, 2.45) is 11.7 Å². The van der Waals surface area contributed by atoms with Gasteiger partial charge >= 0.3 is 0 Å². The lowest BCUT2D eigenvalue weighted by Crippen LogP contribution is -2.45. The number of aromatic nitrogens is 2. The van der Waals surface area contributed by atoms with Gasteiger partial charge in [0, 0.05) is 29.4 Å². The van der Waals surface area contributed by atoms with E-state index in [1.807, 2.05) is 11.8 Å². The first-order valence-corrected chi connectivity index (χ1v) is 10.1. The van der Waals surface area contributed by atoms with E-state index < -0.39 is 0 Å². The number of amides is 1. The molecule has 8 heteroatoms. The van der Waals surface area contributed by atoms with E-state index in [9.17, 15) is 4.79 Å². The summed E-state index contributed by atoms with van der Waals surface area (Å²) < 4.78 is 0. The summed E-state index contributed by atoms with van der Waals surface area (Å²) in [6, 6.07) is 0.145. The quantitative estimate of drug-likeness (QED) is 0.628. The molecule has 5 nitrogen and oxygen atoms in total. The number of hydrogen-bond donors (Lipinski definition) is 1. The second-order valence-electron chi connectivity index (χ2n) is 6.53. The Morgan fingerprint density at radius 2 is 2.24 bits per heavy atom. The van der Waals surface area contributed by atoms with Gasteiger partial charge in [0.05, 0.1) is 5.75 Å². The number of thioether (sulfide) groups is 1. The molecule has 1 saturated heterocycles. The molecule has 1 aliphatic rings. The lowest BCUT2D eigenvalue weighted by Gasteiger charge is -2.34. The number of fused-ring (bicyclic) bond motifs is 1. The molecule has 2 unspecified atom stereocenters. The molecular formula is C17H25ClN4OS2. The molecule has 1 fully saturated rings. The summed E-state index contributed by atoms with van der Waals surface area (Å²) in [6.07, 6.45) is 3.76. The predicted octanol–water partition coefficient (Wildman–Crippen LogP) is 3.41. The molecular weight excluding hydrogens is 376 g/mol. The number of carbonyl (C=O) groups excluding carboxylic acids is 1. The molecule has 0 aromatic carbocycles. The smallest absolute Gasteiger partial charge is 0.232 e. The van der Waals surface area contributed by atoms with Crippen molar-refractivity contribution in [2.45, 2.75) is 44.7 Å². The topological polar surface area (TPSA) is 72.1 Å². The molecule has 1 amide bonds. The van der Waals surface area contributed by atoms with E-state index in [1.165, 1.54) is 22.2 Å². The molecule has 2 aromatic rings. The molecule has 0 bridgehead atoms. The Morgan fingerprint density at radius 1 is 1.48 bits per heavy atom. The van der Waals surface area contributed by atoms with Crippen LogP contribution in [0.2, 0.25) is 0 Å². The molecule has 0 saturated carbocycles. The van der Waals surface area contributed by atoms with Gasteiger partial charge in [0.2, 0.25) is 5.91 Å². The highest BCUT2D eigenvalue weighted by Gasteiger charge is 2.26. The Morgan fingerprint density at radius 3 is 2.96 bits per heavy atom. The fourth-order valence-electron chi connectivity index (χ4n) is 3.15. The van der Waals surface area contributed by atoms with E-state index in [0.717, 1.165) is 41.2 Å². The number of aryl methyl sites for hydroxylation is 2. The predicted molar refractivity (Wildman–Crippen MR) is 108 cm³/mol. The van der Waals surface area contributed by atoms with Crippen molar-refractivity contribution in [1.29, 1.82) is 0 Å². The summed E-state index contributed by atoms with van der Waals surface area (Å²) in [4.78, 5) is 25.6. The highest BCUT2D eigenvalue weighted by Crippen LogP contribution is 2.34. The fraction of sp³-hybridized carbons (Fsp3) is 0.588. The third kappa shape index (κ3) is 4.45. The van der Waals surface area contributed by atoms with Crippen LogP contribution in [-0.4, -0.2) is 45.7 Å². The maximum Gasteiger partial charge on any atom is 0.232 e. The maximum atomic E-state index is 12.6. The van der Waals surface area contributed by atoms with Crippen molar-refractivity contribution >= 4 is 51.6 Å². The van der Waals surface area contributed by atoms with Gasteiger partial charge in [-0.15, -0.1) is 23.7 Å². The lowest BCUT2D eigenvalue weighted by atomic mass is 9.92. The van der Waals surface area contributed by atoms with E-state index in [-0.39, 0.29) is 24.4 Å². The number of rotatable bonds is 4. The van der Waals surface area contributed by atoms with Crippen molar-refractivity contribution in [3.8, 4) is 0 Å². The summed E-state index contributed by atoms with van der Waals surface area (Å²) in [7, 11) is 0. The van der Waals surface area contributed by atoms with Gasteiger partial charge in [-0.05, 0) is 45.1 Å². The van der Waals surface area contributed by atoms with Crippen molar-refractivity contribution in [3.63, 3.8) is 0 Å². The van der Waals surface area contributed by atoms with Crippen LogP contribution in [0.5, 0.6) is 0 Å². The van der Waals surface area contributed by atoms with Crippen molar-refractivity contribution < 1.29 is 4.79 Å². The Hall–Kier alpha value is -0.890. The van der Waals surface area contributed by atoms with Crippen LogP contribution >= 0.6 is 35.5 Å². The molecule has 1 aliphatic heterocycles. The van der Waals surface area contributed by atoms with E-state index in [0.29, 0.717) is 11.7 Å². The van der Waals surface area contributed by atoms with Crippen LogP contribution in [0.3, 0.4) is 0 Å². The summed E-state index contributed by atoms with van der Waals surface area (Å²) >= 11 is 3.21. The second kappa shape index (κ2) is 8.66. The van der Waals surface area contributed by atoms with Gasteiger partial charge in [0.15, 0.2) is 0 Å². The van der Waals surface area contributed by atoms with Crippen molar-refractivity contribution in [1.82, 2.24) is 14.9 Å². The number of carbonyl (C=O) groups is 1. The zero-order chi connectivity index (χ0) is 17.3. The van der Waals surface area contributed by atoms with Gasteiger partial charge in [-0.2, -0.15) is 0 Å². The number of nitrogens with two attached hydrogens (primary N) is 1. The Bertz CT molecular complexity index is 750. The molecule has 0 aliphatic carbocycles. The van der Waals surface area contributed by atoms with Crippen LogP contribution in [0.4, 0.5) is 0 Å². The zero-order valence-electron chi connectivity index (χ0n) is 14.8. The Labute approximate surface area is 163 Å². The molecule has 2 atom stereocenters. The van der Waals surface area contributed by atoms with Crippen LogP contribution in [0, 0.1) is 19.8 Å². The minimum absolute atomic E-state index is 0. The fourth-order valence-corrected chi connectivity index (χ4v) is 5.17. The normalized spacial score (nSPS) is 18.9. The average Bonchev–Trinajstić information content (AvgIpc) is 2.87. The molecule has 3 heterocycles. The van der Waals surface area contributed by atoms with Crippen molar-refractivity contribution in [2.75, 3.05) is 18.8 Å². The van der Waals surface area contributed by atoms with Crippen molar-refractivity contribution in [3.05, 3.63) is 16.8 Å². The molecule has 3 rings (SSSR count). The molecule has 0 spiro atoms. The zero-order valence-corrected chi connectivity index (χ0v) is 17.3. The third-order valence-corrected chi connectivity index (χ3v) is 6.91. The van der Waals surface area contributed by atoms with Crippen LogP contribution < -0.4 is 5.73 Å². The first-order chi connectivity index (χ1) is 11.5. The van der Waals surface area contributed by atoms with Crippen LogP contribution in [-0.2, 0) is 4.79 Å². The molecule has 2 aromatic heterocycles. The van der Waals surface area contributed by atoms with Crippen LogP contribution in [0.25, 0.3) is 10.2 Å². The van der Waals surface area contributed by atoms with E-state index >= 15 is 0 Å². The van der Waals surface area contributed by atoms with Gasteiger partial charge < -0.3 is 10.6 Å². The van der Waals surface area contributed by atoms with Crippen LogP contribution in [0.1, 0.15) is 30.2 Å². The third-order valence-electron chi connectivity index (χ3n) is 4.82. The maximum absolute atomic E-state index is 12.6. The molecule has 0 radical (unpaired) electrons. The minimum atomic E-state index is 0. The Kier molecular flexibility index (Phi) is 7.08. The summed E-state index contributed by atoms with van der Waals surface area (Å²) in [6.45, 7) is 7.86.